The van der Waals surface area contributed by atoms with E-state index in [0.29, 0.717) is 0 Å². The fourth-order valence-electron chi connectivity index (χ4n) is 0. The van der Waals surface area contributed by atoms with Gasteiger partial charge < -0.3 is 21.9 Å². The molecule has 7 heteroatoms. The Morgan fingerprint density at radius 3 is 0.909 bits per heavy atom. The minimum absolute atomic E-state index is 0. The van der Waals surface area contributed by atoms with Crippen molar-refractivity contribution in [2.45, 2.75) is 0 Å². The van der Waals surface area contributed by atoms with Crippen LogP contribution in [0, 0.1) is 0 Å². The molecule has 0 radical (unpaired) electrons. The number of hydrogen-bond acceptors (Lipinski definition) is 2. The van der Waals surface area contributed by atoms with Crippen molar-refractivity contribution in [2.75, 3.05) is 0 Å². The zero-order valence-corrected chi connectivity index (χ0v) is 6.02. The molecule has 0 atom stereocenters. The predicted molar refractivity (Wildman–Crippen MR) is 33.7 cm³/mol. The Morgan fingerprint density at radius 1 is 0.909 bits per heavy atom. The Kier molecular flexibility index (Phi) is 47.4. The summed E-state index contributed by atoms with van der Waals surface area (Å²) in [6.07, 6.45) is -3.67. The van der Waals surface area contributed by atoms with Gasteiger partial charge in [0.15, 0.2) is 0 Å². The molecule has 0 aromatic rings. The van der Waals surface area contributed by atoms with Gasteiger partial charge in [-0.2, -0.15) is 0 Å². The van der Waals surface area contributed by atoms with Crippen LogP contribution in [0.2, 0.25) is 0 Å². The molecule has 0 aromatic carbocycles. The van der Waals surface area contributed by atoms with Crippen molar-refractivity contribution >= 4 is 12.3 Å². The minimum atomic E-state index is -1.83. The number of carbonyl (C=O) groups is 2. The van der Waals surface area contributed by atoms with Crippen LogP contribution in [0.15, 0.2) is 13.2 Å². The number of carboxylic acid groups (broad SMARTS) is 4. The second-order valence-corrected chi connectivity index (χ2v) is 0.565. The summed E-state index contributed by atoms with van der Waals surface area (Å²) in [5, 5.41) is 27.9. The second kappa shape index (κ2) is 23.2. The molecule has 0 amide bonds. The summed E-state index contributed by atoms with van der Waals surface area (Å²) in [5.41, 5.74) is 0. The fourth-order valence-corrected chi connectivity index (χ4v) is 0. The van der Waals surface area contributed by atoms with Crippen molar-refractivity contribution in [3.05, 3.63) is 13.2 Å². The molecule has 0 aliphatic rings. The molecule has 0 aliphatic heterocycles. The van der Waals surface area contributed by atoms with E-state index in [4.69, 9.17) is 30.0 Å². The molecule has 0 fully saturated rings. The molecule has 0 saturated carbocycles. The maximum absolute atomic E-state index is 8.56. The zero-order valence-electron chi connectivity index (χ0n) is 7.02. The van der Waals surface area contributed by atoms with Gasteiger partial charge in [-0.1, -0.05) is 0 Å². The SMILES string of the molecule is C=C.O=C(O)O.O=C(O)O.[H-].[Li+]. The Labute approximate surface area is 76.4 Å². The molecule has 0 rings (SSSR count). The molecule has 0 bridgehead atoms. The first-order chi connectivity index (χ1) is 4.46. The van der Waals surface area contributed by atoms with Gasteiger partial charge in [-0.25, -0.2) is 9.59 Å². The van der Waals surface area contributed by atoms with Crippen LogP contribution in [0.3, 0.4) is 0 Å². The van der Waals surface area contributed by atoms with Crippen molar-refractivity contribution in [1.29, 1.82) is 0 Å². The summed E-state index contributed by atoms with van der Waals surface area (Å²) >= 11 is 0. The van der Waals surface area contributed by atoms with E-state index in [0.717, 1.165) is 0 Å². The van der Waals surface area contributed by atoms with Crippen molar-refractivity contribution in [1.82, 2.24) is 0 Å². The summed E-state index contributed by atoms with van der Waals surface area (Å²) in [7, 11) is 0. The van der Waals surface area contributed by atoms with Gasteiger partial charge in [0.1, 0.15) is 0 Å². The minimum Gasteiger partial charge on any atom is -1.00 e. The Morgan fingerprint density at radius 2 is 0.909 bits per heavy atom. The number of hydrogen-bond donors (Lipinski definition) is 4. The van der Waals surface area contributed by atoms with Gasteiger partial charge in [-0.05, 0) is 0 Å². The molecule has 0 aliphatic carbocycles. The van der Waals surface area contributed by atoms with E-state index in [2.05, 4.69) is 13.2 Å². The van der Waals surface area contributed by atoms with E-state index in [9.17, 15) is 0 Å². The van der Waals surface area contributed by atoms with Gasteiger partial charge in [-0.3, -0.25) is 0 Å². The molecule has 62 valence electrons. The smallest absolute Gasteiger partial charge is 1.00 e. The first kappa shape index (κ1) is 22.5. The van der Waals surface area contributed by atoms with E-state index in [-0.39, 0.29) is 20.3 Å². The van der Waals surface area contributed by atoms with Crippen LogP contribution in [0.4, 0.5) is 9.59 Å². The van der Waals surface area contributed by atoms with Gasteiger partial charge in [0.2, 0.25) is 0 Å². The van der Waals surface area contributed by atoms with Crippen molar-refractivity contribution in [3.8, 4) is 0 Å². The molecule has 0 heterocycles. The van der Waals surface area contributed by atoms with Crippen molar-refractivity contribution in [3.63, 3.8) is 0 Å². The van der Waals surface area contributed by atoms with Crippen LogP contribution in [0.1, 0.15) is 1.43 Å². The van der Waals surface area contributed by atoms with Crippen LogP contribution in [0.25, 0.3) is 0 Å². The molecule has 6 nitrogen and oxygen atoms in total. The van der Waals surface area contributed by atoms with Crippen LogP contribution < -0.4 is 18.9 Å². The average molecular weight is 160 g/mol. The van der Waals surface area contributed by atoms with Crippen LogP contribution >= 0.6 is 0 Å². The maximum Gasteiger partial charge on any atom is 1.00 e. The summed E-state index contributed by atoms with van der Waals surface area (Å²) in [5.74, 6) is 0. The number of rotatable bonds is 0. The summed E-state index contributed by atoms with van der Waals surface area (Å²) in [6.45, 7) is 6.00. The molecule has 4 N–H and O–H groups in total. The normalized spacial score (nSPS) is 4.73. The van der Waals surface area contributed by atoms with Gasteiger partial charge in [0.05, 0.1) is 0 Å². The largest absolute Gasteiger partial charge is 1.00 e. The first-order valence-electron chi connectivity index (χ1n) is 1.80. The van der Waals surface area contributed by atoms with E-state index in [1.165, 1.54) is 0 Å². The van der Waals surface area contributed by atoms with Crippen LogP contribution in [0.5, 0.6) is 0 Å². The Bertz CT molecular complexity index is 87.7. The van der Waals surface area contributed by atoms with Gasteiger partial charge in [0, 0.05) is 0 Å². The van der Waals surface area contributed by atoms with E-state index >= 15 is 0 Å². The third-order valence-electron chi connectivity index (χ3n) is 0. The van der Waals surface area contributed by atoms with Crippen molar-refractivity contribution < 1.29 is 50.3 Å². The van der Waals surface area contributed by atoms with Crippen LogP contribution in [-0.2, 0) is 0 Å². The quantitative estimate of drug-likeness (QED) is 0.249. The summed E-state index contributed by atoms with van der Waals surface area (Å²) in [4.78, 5) is 17.1. The molecule has 0 unspecified atom stereocenters. The monoisotopic (exact) mass is 160 g/mol. The fraction of sp³-hybridized carbons (Fsp3) is 0. The Balaban J connectivity index is -0.0000000198. The third-order valence-corrected chi connectivity index (χ3v) is 0. The Hall–Kier alpha value is -1.12. The van der Waals surface area contributed by atoms with Crippen LogP contribution in [-0.4, -0.2) is 32.7 Å². The average Bonchev–Trinajstić information content (AvgIpc) is 1.66. The van der Waals surface area contributed by atoms with E-state index < -0.39 is 12.3 Å². The van der Waals surface area contributed by atoms with Gasteiger partial charge >= 0.3 is 31.2 Å². The van der Waals surface area contributed by atoms with Gasteiger partial charge in [-0.15, -0.1) is 13.2 Å². The molecule has 0 spiro atoms. The molecule has 11 heavy (non-hydrogen) atoms. The van der Waals surface area contributed by atoms with E-state index in [1.54, 1.807) is 0 Å². The van der Waals surface area contributed by atoms with Gasteiger partial charge in [0.25, 0.3) is 0 Å². The molecular weight excluding hydrogens is 151 g/mol. The maximum atomic E-state index is 8.56. The topological polar surface area (TPSA) is 115 Å². The third kappa shape index (κ3) is 333. The standard InChI is InChI=1S/C2H4.2CH2O3.Li.H/c1-2;2*2-1(3)4;;/h1-2H2;2*(H2,2,3,4);;/q;;;+1;-1. The summed E-state index contributed by atoms with van der Waals surface area (Å²) in [6, 6.07) is 0. The molecule has 0 saturated heterocycles. The predicted octanol–water partition coefficient (Wildman–Crippen LogP) is -1.64. The van der Waals surface area contributed by atoms with E-state index in [1.807, 2.05) is 0 Å². The zero-order chi connectivity index (χ0) is 9.15. The summed E-state index contributed by atoms with van der Waals surface area (Å²) < 4.78 is 0. The molecular formula is C4H9LiO6. The molecule has 0 aromatic heterocycles. The first-order valence-corrected chi connectivity index (χ1v) is 1.80. The van der Waals surface area contributed by atoms with Crippen molar-refractivity contribution in [2.24, 2.45) is 0 Å². The second-order valence-electron chi connectivity index (χ2n) is 0.565.